The third kappa shape index (κ3) is 6.06. The molecule has 2 heterocycles. The van der Waals surface area contributed by atoms with Crippen LogP contribution in [-0.2, 0) is 0 Å². The predicted molar refractivity (Wildman–Crippen MR) is 255 cm³/mol. The summed E-state index contributed by atoms with van der Waals surface area (Å²) in [6, 6.07) is 79.9. The Bertz CT molecular complexity index is 3460. The molecule has 286 valence electrons. The minimum atomic E-state index is 0.861. The molecule has 61 heavy (non-hydrogen) atoms. The molecule has 0 fully saturated rings. The van der Waals surface area contributed by atoms with Crippen LogP contribution < -0.4 is 4.90 Å². The summed E-state index contributed by atoms with van der Waals surface area (Å²) >= 11 is 0. The Labute approximate surface area is 353 Å². The average Bonchev–Trinajstić information content (AvgIpc) is 3.90. The molecule has 0 bridgehead atoms. The first-order valence-electron chi connectivity index (χ1n) is 20.7. The van der Waals surface area contributed by atoms with Gasteiger partial charge in [0, 0.05) is 49.7 Å². The molecule has 0 aliphatic rings. The van der Waals surface area contributed by atoms with E-state index in [0.717, 1.165) is 88.6 Å². The fourth-order valence-corrected chi connectivity index (χ4v) is 9.01. The molecule has 3 nitrogen and oxygen atoms in total. The zero-order valence-corrected chi connectivity index (χ0v) is 33.1. The van der Waals surface area contributed by atoms with Crippen LogP contribution in [0.3, 0.4) is 0 Å². The summed E-state index contributed by atoms with van der Waals surface area (Å²) in [5.41, 5.74) is 15.6. The van der Waals surface area contributed by atoms with Gasteiger partial charge in [0.25, 0.3) is 0 Å². The average molecular weight is 780 g/mol. The first kappa shape index (κ1) is 34.9. The van der Waals surface area contributed by atoms with Gasteiger partial charge in [-0.1, -0.05) is 170 Å². The first-order valence-corrected chi connectivity index (χ1v) is 20.7. The molecule has 3 heteroatoms. The van der Waals surface area contributed by atoms with E-state index in [2.05, 4.69) is 217 Å². The summed E-state index contributed by atoms with van der Waals surface area (Å²) in [6.07, 6.45) is 0. The second-order valence-corrected chi connectivity index (χ2v) is 15.7. The van der Waals surface area contributed by atoms with Crippen LogP contribution in [0.4, 0.5) is 17.1 Å². The molecule has 0 N–H and O–H groups in total. The van der Waals surface area contributed by atoms with Gasteiger partial charge in [-0.25, -0.2) is 0 Å². The molecule has 10 aromatic carbocycles. The summed E-state index contributed by atoms with van der Waals surface area (Å²) in [5.74, 6) is 0. The third-order valence-corrected chi connectivity index (χ3v) is 12.1. The van der Waals surface area contributed by atoms with Gasteiger partial charge in [-0.3, -0.25) is 0 Å². The van der Waals surface area contributed by atoms with Gasteiger partial charge in [0.1, 0.15) is 22.3 Å². The van der Waals surface area contributed by atoms with Gasteiger partial charge >= 0.3 is 0 Å². The summed E-state index contributed by atoms with van der Waals surface area (Å²) in [7, 11) is 0. The molecule has 12 aromatic rings. The van der Waals surface area contributed by atoms with Crippen molar-refractivity contribution in [3.8, 4) is 44.5 Å². The summed E-state index contributed by atoms with van der Waals surface area (Å²) in [4.78, 5) is 2.36. The normalized spacial score (nSPS) is 11.6. The Hall–Kier alpha value is -8.14. The smallest absolute Gasteiger partial charge is 0.143 e. The van der Waals surface area contributed by atoms with E-state index in [1.807, 2.05) is 12.1 Å². The number of benzene rings is 10. The molecule has 0 amide bonds. The number of fused-ring (bicyclic) bond motifs is 7. The van der Waals surface area contributed by atoms with Crippen molar-refractivity contribution >= 4 is 71.7 Å². The van der Waals surface area contributed by atoms with E-state index < -0.39 is 0 Å². The molecule has 0 atom stereocenters. The first-order chi connectivity index (χ1) is 30.2. The van der Waals surface area contributed by atoms with Crippen LogP contribution in [0, 0.1) is 0 Å². The van der Waals surface area contributed by atoms with Gasteiger partial charge in [0.05, 0.1) is 0 Å². The highest BCUT2D eigenvalue weighted by Gasteiger charge is 2.21. The Morgan fingerprint density at radius 3 is 1.41 bits per heavy atom. The van der Waals surface area contributed by atoms with Crippen LogP contribution >= 0.6 is 0 Å². The summed E-state index contributed by atoms with van der Waals surface area (Å²) in [6.45, 7) is 0. The predicted octanol–water partition coefficient (Wildman–Crippen LogP) is 16.8. The van der Waals surface area contributed by atoms with Crippen molar-refractivity contribution in [1.29, 1.82) is 0 Å². The molecule has 0 unspecified atom stereocenters. The Kier molecular flexibility index (Phi) is 8.17. The number of rotatable bonds is 7. The Balaban J connectivity index is 1.05. The topological polar surface area (TPSA) is 29.5 Å². The van der Waals surface area contributed by atoms with Crippen LogP contribution in [0.25, 0.3) is 99.2 Å². The standard InChI is InChI=1S/C58H37NO2/c1-3-12-38(13-4-1)40-26-30-46(31-27-40)59(47-32-28-41(29-33-47)39-14-5-2-6-15-39)48-36-52(58-54(37-48)53-34-44-16-7-8-17-45(44)35-56(53)61-58)43-24-22-42(23-25-43)49-19-11-20-51-50-18-9-10-21-55(50)60-57(49)51/h1-37H. The zero-order chi connectivity index (χ0) is 40.3. The molecular weight excluding hydrogens is 743 g/mol. The lowest BCUT2D eigenvalue weighted by Gasteiger charge is -2.27. The minimum Gasteiger partial charge on any atom is -0.455 e. The SMILES string of the molecule is c1ccc(-c2ccc(N(c3ccc(-c4ccccc4)cc3)c3cc(-c4ccc(-c5cccc6c5oc5ccccc56)cc4)c4oc5cc6ccccc6cc5c4c3)cc2)cc1. The summed E-state index contributed by atoms with van der Waals surface area (Å²) < 4.78 is 13.3. The van der Waals surface area contributed by atoms with Gasteiger partial charge in [0.15, 0.2) is 0 Å². The maximum atomic E-state index is 6.89. The zero-order valence-electron chi connectivity index (χ0n) is 33.1. The van der Waals surface area contributed by atoms with Crippen LogP contribution in [0.5, 0.6) is 0 Å². The van der Waals surface area contributed by atoms with Crippen molar-refractivity contribution < 1.29 is 8.83 Å². The van der Waals surface area contributed by atoms with Gasteiger partial charge < -0.3 is 13.7 Å². The van der Waals surface area contributed by atoms with E-state index in [0.29, 0.717) is 0 Å². The number of hydrogen-bond donors (Lipinski definition) is 0. The molecule has 2 aromatic heterocycles. The van der Waals surface area contributed by atoms with E-state index in [9.17, 15) is 0 Å². The van der Waals surface area contributed by atoms with E-state index in [1.165, 1.54) is 27.6 Å². The highest BCUT2D eigenvalue weighted by Crippen LogP contribution is 2.45. The molecule has 0 saturated carbocycles. The largest absolute Gasteiger partial charge is 0.455 e. The van der Waals surface area contributed by atoms with Crippen LogP contribution in [0.1, 0.15) is 0 Å². The monoisotopic (exact) mass is 779 g/mol. The van der Waals surface area contributed by atoms with Gasteiger partial charge in [0.2, 0.25) is 0 Å². The molecule has 0 spiro atoms. The van der Waals surface area contributed by atoms with E-state index >= 15 is 0 Å². The van der Waals surface area contributed by atoms with Crippen molar-refractivity contribution in [2.75, 3.05) is 4.90 Å². The lowest BCUT2D eigenvalue weighted by Crippen LogP contribution is -2.10. The van der Waals surface area contributed by atoms with Gasteiger partial charge in [-0.2, -0.15) is 0 Å². The van der Waals surface area contributed by atoms with Crippen LogP contribution in [-0.4, -0.2) is 0 Å². The third-order valence-electron chi connectivity index (χ3n) is 12.1. The van der Waals surface area contributed by atoms with Gasteiger partial charge in [-0.05, 0) is 98.8 Å². The number of para-hydroxylation sites is 2. The van der Waals surface area contributed by atoms with Crippen molar-refractivity contribution in [1.82, 2.24) is 0 Å². The van der Waals surface area contributed by atoms with Crippen LogP contribution in [0.15, 0.2) is 233 Å². The quantitative estimate of drug-likeness (QED) is 0.161. The second kappa shape index (κ2) is 14.3. The molecule has 0 radical (unpaired) electrons. The number of furan rings is 2. The summed E-state index contributed by atoms with van der Waals surface area (Å²) in [5, 5.41) is 6.73. The lowest BCUT2D eigenvalue weighted by atomic mass is 9.96. The van der Waals surface area contributed by atoms with Crippen molar-refractivity contribution in [2.24, 2.45) is 0 Å². The fraction of sp³-hybridized carbons (Fsp3) is 0. The van der Waals surface area contributed by atoms with Gasteiger partial charge in [-0.15, -0.1) is 0 Å². The molecule has 0 aliphatic heterocycles. The molecule has 0 saturated heterocycles. The van der Waals surface area contributed by atoms with Crippen molar-refractivity contribution in [3.63, 3.8) is 0 Å². The number of nitrogens with zero attached hydrogens (tertiary/aromatic N) is 1. The Morgan fingerprint density at radius 2 is 0.754 bits per heavy atom. The van der Waals surface area contributed by atoms with E-state index in [-0.39, 0.29) is 0 Å². The second-order valence-electron chi connectivity index (χ2n) is 15.7. The lowest BCUT2D eigenvalue weighted by molar-refractivity contribution is 0.669. The maximum Gasteiger partial charge on any atom is 0.143 e. The molecule has 0 aliphatic carbocycles. The molecular formula is C58H37NO2. The number of anilines is 3. The minimum absolute atomic E-state index is 0.861. The van der Waals surface area contributed by atoms with E-state index in [4.69, 9.17) is 8.83 Å². The fourth-order valence-electron chi connectivity index (χ4n) is 9.01. The van der Waals surface area contributed by atoms with E-state index in [1.54, 1.807) is 0 Å². The Morgan fingerprint density at radius 1 is 0.262 bits per heavy atom. The molecule has 12 rings (SSSR count). The van der Waals surface area contributed by atoms with Crippen LogP contribution in [0.2, 0.25) is 0 Å². The maximum absolute atomic E-state index is 6.89. The number of hydrogen-bond acceptors (Lipinski definition) is 3. The highest BCUT2D eigenvalue weighted by molar-refractivity contribution is 6.15. The van der Waals surface area contributed by atoms with Crippen molar-refractivity contribution in [3.05, 3.63) is 224 Å². The highest BCUT2D eigenvalue weighted by atomic mass is 16.3. The van der Waals surface area contributed by atoms with Crippen molar-refractivity contribution in [2.45, 2.75) is 0 Å².